The lowest BCUT2D eigenvalue weighted by molar-refractivity contribution is -0.130. The number of nitrogens with zero attached hydrogens (tertiary/aromatic N) is 1. The van der Waals surface area contributed by atoms with E-state index in [2.05, 4.69) is 5.32 Å². The molecule has 1 saturated heterocycles. The van der Waals surface area contributed by atoms with Crippen LogP contribution in [0.3, 0.4) is 0 Å². The summed E-state index contributed by atoms with van der Waals surface area (Å²) in [4.78, 5) is 38.0. The van der Waals surface area contributed by atoms with Crippen molar-refractivity contribution in [1.82, 2.24) is 10.2 Å². The van der Waals surface area contributed by atoms with Crippen LogP contribution in [-0.4, -0.2) is 22.7 Å². The number of hydrogen-bond donors (Lipinski definition) is 1. The lowest BCUT2D eigenvalue weighted by Crippen LogP contribution is -2.53. The van der Waals surface area contributed by atoms with Crippen LogP contribution in [0.25, 0.3) is 6.08 Å². The second kappa shape index (κ2) is 8.71. The highest BCUT2D eigenvalue weighted by Crippen LogP contribution is 2.20. The molecule has 1 aliphatic heterocycles. The number of amides is 4. The minimum atomic E-state index is -0.775. The summed E-state index contributed by atoms with van der Waals surface area (Å²) in [6.45, 7) is 2.40. The smallest absolute Gasteiger partial charge is 0.331 e. The summed E-state index contributed by atoms with van der Waals surface area (Å²) in [6.07, 6.45) is 2.90. The van der Waals surface area contributed by atoms with Gasteiger partial charge in [-0.25, -0.2) is 4.79 Å². The number of rotatable bonds is 6. The molecule has 1 aromatic heterocycles. The number of furan rings is 1. The Balaban J connectivity index is 1.46. The van der Waals surface area contributed by atoms with Gasteiger partial charge in [-0.15, -0.1) is 0 Å². The summed E-state index contributed by atoms with van der Waals surface area (Å²) in [6, 6.07) is 17.6. The first-order valence-corrected chi connectivity index (χ1v) is 9.69. The lowest BCUT2D eigenvalue weighted by atomic mass is 10.1. The molecule has 2 heterocycles. The van der Waals surface area contributed by atoms with Crippen LogP contribution in [-0.2, 0) is 22.7 Å². The van der Waals surface area contributed by atoms with Gasteiger partial charge in [0.1, 0.15) is 23.7 Å². The highest BCUT2D eigenvalue weighted by Gasteiger charge is 2.36. The van der Waals surface area contributed by atoms with Gasteiger partial charge in [0.05, 0.1) is 12.8 Å². The average molecular weight is 416 g/mol. The maximum atomic E-state index is 12.7. The Morgan fingerprint density at radius 2 is 1.74 bits per heavy atom. The number of ether oxygens (including phenoxy) is 1. The van der Waals surface area contributed by atoms with Crippen molar-refractivity contribution in [3.05, 3.63) is 95.0 Å². The number of carbonyl (C=O) groups excluding carboxylic acids is 3. The van der Waals surface area contributed by atoms with Gasteiger partial charge in [-0.05, 0) is 48.4 Å². The van der Waals surface area contributed by atoms with E-state index < -0.39 is 17.8 Å². The van der Waals surface area contributed by atoms with Gasteiger partial charge in [-0.1, -0.05) is 42.0 Å². The van der Waals surface area contributed by atoms with Crippen molar-refractivity contribution in [2.75, 3.05) is 0 Å². The number of aryl methyl sites for hydroxylation is 1. The summed E-state index contributed by atoms with van der Waals surface area (Å²) in [7, 11) is 0. The number of barbiturate groups is 1. The number of benzene rings is 2. The molecule has 7 nitrogen and oxygen atoms in total. The van der Waals surface area contributed by atoms with E-state index in [1.54, 1.807) is 36.4 Å². The lowest BCUT2D eigenvalue weighted by Gasteiger charge is -2.25. The Morgan fingerprint density at radius 3 is 2.42 bits per heavy atom. The quantitative estimate of drug-likeness (QED) is 0.487. The van der Waals surface area contributed by atoms with E-state index in [9.17, 15) is 14.4 Å². The van der Waals surface area contributed by atoms with Gasteiger partial charge in [-0.2, -0.15) is 0 Å². The Kier molecular flexibility index (Phi) is 5.66. The van der Waals surface area contributed by atoms with Crippen molar-refractivity contribution in [2.45, 2.75) is 20.1 Å². The van der Waals surface area contributed by atoms with Gasteiger partial charge < -0.3 is 9.15 Å². The van der Waals surface area contributed by atoms with Crippen molar-refractivity contribution in [1.29, 1.82) is 0 Å². The molecule has 1 fully saturated rings. The van der Waals surface area contributed by atoms with E-state index in [4.69, 9.17) is 9.15 Å². The standard InChI is InChI=1S/C24H20N2O5/c1-16-4-6-18(7-5-16)15-31-19-10-8-17(9-11-19)13-21-22(27)25-24(29)26(23(21)28)14-20-3-2-12-30-20/h2-13H,14-15H2,1H3,(H,25,27,29)/b21-13+. The fourth-order valence-corrected chi connectivity index (χ4v) is 3.07. The Morgan fingerprint density at radius 1 is 1.00 bits per heavy atom. The van der Waals surface area contributed by atoms with Crippen LogP contribution in [0.1, 0.15) is 22.5 Å². The molecule has 31 heavy (non-hydrogen) atoms. The predicted molar refractivity (Wildman–Crippen MR) is 113 cm³/mol. The van der Waals surface area contributed by atoms with E-state index in [0.29, 0.717) is 23.7 Å². The third kappa shape index (κ3) is 4.72. The molecule has 3 aromatic rings. The Labute approximate surface area is 178 Å². The first-order valence-electron chi connectivity index (χ1n) is 9.69. The molecule has 0 aliphatic carbocycles. The molecule has 0 atom stereocenters. The average Bonchev–Trinajstić information content (AvgIpc) is 3.28. The zero-order valence-electron chi connectivity index (χ0n) is 16.8. The Hall–Kier alpha value is -4.13. The maximum Gasteiger partial charge on any atom is 0.331 e. The van der Waals surface area contributed by atoms with Crippen LogP contribution in [0.15, 0.2) is 76.9 Å². The fourth-order valence-electron chi connectivity index (χ4n) is 3.07. The molecular formula is C24H20N2O5. The first-order chi connectivity index (χ1) is 15.0. The molecule has 0 spiro atoms. The largest absolute Gasteiger partial charge is 0.489 e. The predicted octanol–water partition coefficient (Wildman–Crippen LogP) is 3.83. The molecule has 0 unspecified atom stereocenters. The third-order valence-corrected chi connectivity index (χ3v) is 4.80. The number of imide groups is 2. The molecule has 1 aliphatic rings. The normalized spacial score (nSPS) is 15.3. The molecule has 7 heteroatoms. The van der Waals surface area contributed by atoms with Gasteiger partial charge in [-0.3, -0.25) is 19.8 Å². The highest BCUT2D eigenvalue weighted by molar-refractivity contribution is 6.30. The highest BCUT2D eigenvalue weighted by atomic mass is 16.5. The number of carbonyl (C=O) groups is 3. The third-order valence-electron chi connectivity index (χ3n) is 4.80. The molecule has 1 N–H and O–H groups in total. The van der Waals surface area contributed by atoms with E-state index >= 15 is 0 Å². The SMILES string of the molecule is Cc1ccc(COc2ccc(/C=C3\C(=O)NC(=O)N(Cc4ccco4)C3=O)cc2)cc1. The molecule has 0 radical (unpaired) electrons. The van der Waals surface area contributed by atoms with Crippen LogP contribution in [0, 0.1) is 6.92 Å². The molecule has 2 aromatic carbocycles. The van der Waals surface area contributed by atoms with Crippen LogP contribution < -0.4 is 10.1 Å². The summed E-state index contributed by atoms with van der Waals surface area (Å²) < 4.78 is 11.0. The van der Waals surface area contributed by atoms with Crippen molar-refractivity contribution in [3.8, 4) is 5.75 Å². The van der Waals surface area contributed by atoms with E-state index in [1.807, 2.05) is 31.2 Å². The minimum Gasteiger partial charge on any atom is -0.489 e. The van der Waals surface area contributed by atoms with Crippen LogP contribution in [0.5, 0.6) is 5.75 Å². The number of urea groups is 1. The van der Waals surface area contributed by atoms with Gasteiger partial charge in [0.15, 0.2) is 0 Å². The molecule has 156 valence electrons. The van der Waals surface area contributed by atoms with E-state index in [1.165, 1.54) is 17.9 Å². The second-order valence-electron chi connectivity index (χ2n) is 7.13. The Bertz CT molecular complexity index is 1130. The topological polar surface area (TPSA) is 88.8 Å². The van der Waals surface area contributed by atoms with Crippen LogP contribution in [0.2, 0.25) is 0 Å². The summed E-state index contributed by atoms with van der Waals surface area (Å²) in [5.41, 5.74) is 2.75. The maximum absolute atomic E-state index is 12.7. The number of nitrogens with one attached hydrogen (secondary N) is 1. The molecular weight excluding hydrogens is 396 g/mol. The second-order valence-corrected chi connectivity index (χ2v) is 7.13. The van der Waals surface area contributed by atoms with Crippen molar-refractivity contribution in [2.24, 2.45) is 0 Å². The summed E-state index contributed by atoms with van der Waals surface area (Å²) in [5, 5.41) is 2.19. The van der Waals surface area contributed by atoms with Crippen LogP contribution >= 0.6 is 0 Å². The molecule has 4 amide bonds. The zero-order valence-corrected chi connectivity index (χ0v) is 16.8. The van der Waals surface area contributed by atoms with E-state index in [0.717, 1.165) is 10.5 Å². The van der Waals surface area contributed by atoms with Gasteiger partial charge in [0.2, 0.25) is 0 Å². The van der Waals surface area contributed by atoms with Crippen LogP contribution in [0.4, 0.5) is 4.79 Å². The summed E-state index contributed by atoms with van der Waals surface area (Å²) >= 11 is 0. The molecule has 4 rings (SSSR count). The monoisotopic (exact) mass is 416 g/mol. The van der Waals surface area contributed by atoms with Crippen molar-refractivity contribution < 1.29 is 23.5 Å². The van der Waals surface area contributed by atoms with Crippen molar-refractivity contribution in [3.63, 3.8) is 0 Å². The van der Waals surface area contributed by atoms with Gasteiger partial charge in [0.25, 0.3) is 11.8 Å². The van der Waals surface area contributed by atoms with Gasteiger partial charge >= 0.3 is 6.03 Å². The summed E-state index contributed by atoms with van der Waals surface area (Å²) in [5.74, 6) is -0.306. The number of hydrogen-bond acceptors (Lipinski definition) is 5. The minimum absolute atomic E-state index is 0.0614. The molecule has 0 saturated carbocycles. The molecule has 0 bridgehead atoms. The van der Waals surface area contributed by atoms with E-state index in [-0.39, 0.29) is 12.1 Å². The van der Waals surface area contributed by atoms with Gasteiger partial charge in [0, 0.05) is 0 Å². The fraction of sp³-hybridized carbons (Fsp3) is 0.125. The zero-order chi connectivity index (χ0) is 21.8. The first kappa shape index (κ1) is 20.2. The van der Waals surface area contributed by atoms with Crippen molar-refractivity contribution >= 4 is 23.9 Å².